The van der Waals surface area contributed by atoms with Crippen molar-refractivity contribution in [3.63, 3.8) is 0 Å². The number of carbonyl (C=O) groups excluding carboxylic acids is 2. The summed E-state index contributed by atoms with van der Waals surface area (Å²) < 4.78 is 11.8. The number of amides is 2. The fraction of sp³-hybridized carbons (Fsp3) is 0.348. The van der Waals surface area contributed by atoms with Crippen molar-refractivity contribution >= 4 is 22.8 Å². The second kappa shape index (κ2) is 8.57. The van der Waals surface area contributed by atoms with Crippen LogP contribution < -0.4 is 4.74 Å². The molecule has 7 nitrogen and oxygen atoms in total. The number of ether oxygens (including phenoxy) is 2. The van der Waals surface area contributed by atoms with Crippen molar-refractivity contribution in [1.29, 1.82) is 0 Å². The zero-order chi connectivity index (χ0) is 21.9. The van der Waals surface area contributed by atoms with Gasteiger partial charge in [0.1, 0.15) is 17.1 Å². The molecule has 30 heavy (non-hydrogen) atoms. The van der Waals surface area contributed by atoms with E-state index in [1.807, 2.05) is 32.0 Å². The number of nitrogens with zero attached hydrogens (tertiary/aromatic N) is 2. The molecular formula is C23H27N3O4. The summed E-state index contributed by atoms with van der Waals surface area (Å²) in [5.74, 6) is 0.456. The molecule has 0 spiro atoms. The lowest BCUT2D eigenvalue weighted by Crippen LogP contribution is -2.34. The predicted molar refractivity (Wildman–Crippen MR) is 115 cm³/mol. The minimum Gasteiger partial charge on any atom is -0.496 e. The van der Waals surface area contributed by atoms with Crippen molar-refractivity contribution in [1.82, 2.24) is 14.9 Å². The predicted octanol–water partition coefficient (Wildman–Crippen LogP) is 3.90. The third kappa shape index (κ3) is 4.62. The van der Waals surface area contributed by atoms with Crippen LogP contribution in [0.15, 0.2) is 60.2 Å². The van der Waals surface area contributed by atoms with Crippen LogP contribution in [0.3, 0.4) is 0 Å². The average molecular weight is 409 g/mol. The highest BCUT2D eigenvalue weighted by Crippen LogP contribution is 2.25. The molecule has 7 heteroatoms. The molecular weight excluding hydrogens is 382 g/mol. The molecule has 1 aliphatic heterocycles. The van der Waals surface area contributed by atoms with E-state index in [9.17, 15) is 9.59 Å². The molecule has 1 aliphatic rings. The number of H-pyrrole nitrogens is 1. The van der Waals surface area contributed by atoms with Crippen molar-refractivity contribution in [3.8, 4) is 5.75 Å². The van der Waals surface area contributed by atoms with E-state index in [4.69, 9.17) is 9.47 Å². The smallest absolute Gasteiger partial charge is 0.261 e. The second-order valence-electron chi connectivity index (χ2n) is 7.82. The molecule has 0 radical (unpaired) electrons. The maximum Gasteiger partial charge on any atom is 0.261 e. The Morgan fingerprint density at radius 2 is 2.07 bits per heavy atom. The number of rotatable bonds is 9. The molecule has 3 rings (SSSR count). The fourth-order valence-corrected chi connectivity index (χ4v) is 3.23. The highest BCUT2D eigenvalue weighted by molar-refractivity contribution is 6.20. The summed E-state index contributed by atoms with van der Waals surface area (Å²) in [5, 5.41) is 0. The van der Waals surface area contributed by atoms with Gasteiger partial charge < -0.3 is 14.5 Å². The van der Waals surface area contributed by atoms with Gasteiger partial charge in [0.2, 0.25) is 0 Å². The molecule has 2 amide bonds. The summed E-state index contributed by atoms with van der Waals surface area (Å²) in [6.07, 6.45) is 5.63. The Bertz CT molecular complexity index is 1050. The molecule has 0 fully saturated rings. The van der Waals surface area contributed by atoms with Crippen LogP contribution in [0.25, 0.3) is 11.0 Å². The molecule has 0 atom stereocenters. The van der Waals surface area contributed by atoms with Gasteiger partial charge in [0, 0.05) is 23.6 Å². The molecule has 2 aromatic rings. The van der Waals surface area contributed by atoms with Crippen molar-refractivity contribution in [3.05, 3.63) is 60.2 Å². The number of carbonyl (C=O) groups is 2. The van der Waals surface area contributed by atoms with Gasteiger partial charge in [0.25, 0.3) is 11.8 Å². The van der Waals surface area contributed by atoms with E-state index >= 15 is 0 Å². The topological polar surface area (TPSA) is 84.5 Å². The van der Waals surface area contributed by atoms with Crippen LogP contribution >= 0.6 is 0 Å². The second-order valence-corrected chi connectivity index (χ2v) is 7.82. The molecule has 0 saturated heterocycles. The maximum absolute atomic E-state index is 12.4. The van der Waals surface area contributed by atoms with Gasteiger partial charge in [-0.05, 0) is 39.8 Å². The quantitative estimate of drug-likeness (QED) is 0.502. The minimum atomic E-state index is -0.485. The monoisotopic (exact) mass is 409 g/mol. The number of imidazole rings is 1. The Morgan fingerprint density at radius 1 is 1.30 bits per heavy atom. The highest BCUT2D eigenvalue weighted by atomic mass is 16.5. The molecule has 0 aliphatic carbocycles. The Kier molecular flexibility index (Phi) is 6.10. The fourth-order valence-electron chi connectivity index (χ4n) is 3.23. The number of allylic oxidation sites excluding steroid dienone is 1. The molecule has 0 bridgehead atoms. The van der Waals surface area contributed by atoms with E-state index in [0.29, 0.717) is 29.9 Å². The lowest BCUT2D eigenvalue weighted by atomic mass is 10.1. The first-order chi connectivity index (χ1) is 14.2. The van der Waals surface area contributed by atoms with E-state index in [-0.39, 0.29) is 18.4 Å². The molecule has 1 N–H and O–H groups in total. The summed E-state index contributed by atoms with van der Waals surface area (Å²) >= 11 is 0. The minimum absolute atomic E-state index is 0.0349. The van der Waals surface area contributed by atoms with E-state index in [2.05, 4.69) is 16.5 Å². The van der Waals surface area contributed by atoms with E-state index in [1.165, 1.54) is 0 Å². The van der Waals surface area contributed by atoms with Crippen LogP contribution in [0.1, 0.15) is 34.1 Å². The molecule has 158 valence electrons. The third-order valence-electron chi connectivity index (χ3n) is 4.91. The number of hydrogen-bond donors (Lipinski definition) is 1. The molecule has 2 heterocycles. The van der Waals surface area contributed by atoms with Gasteiger partial charge in [-0.25, -0.2) is 4.98 Å². The Labute approximate surface area is 176 Å². The van der Waals surface area contributed by atoms with Gasteiger partial charge in [-0.3, -0.25) is 14.5 Å². The number of hydrogen-bond acceptors (Lipinski definition) is 5. The van der Waals surface area contributed by atoms with Gasteiger partial charge in [-0.1, -0.05) is 18.7 Å². The SMILES string of the molecule is C=C(CN1C(=O)C(C)=C(/C=C\C)C1=O)OCCC(C)(C)Oc1ccc2[nH]cnc2c1. The van der Waals surface area contributed by atoms with Crippen LogP contribution in [0.5, 0.6) is 5.75 Å². The largest absolute Gasteiger partial charge is 0.496 e. The van der Waals surface area contributed by atoms with Gasteiger partial charge in [-0.15, -0.1) is 0 Å². The standard InChI is InChI=1S/C23H27N3O4/c1-6-7-18-16(3)21(27)26(22(18)28)13-15(2)29-11-10-23(4,5)30-17-8-9-19-20(12-17)25-14-24-19/h6-9,12,14H,2,10-11,13H2,1,3-5H3,(H,24,25)/b7-6-. The summed E-state index contributed by atoms with van der Waals surface area (Å²) in [6, 6.07) is 5.70. The van der Waals surface area contributed by atoms with Gasteiger partial charge in [0.05, 0.1) is 30.5 Å². The molecule has 0 saturated carbocycles. The number of nitrogens with one attached hydrogen (secondary N) is 1. The number of fused-ring (bicyclic) bond motifs is 1. The lowest BCUT2D eigenvalue weighted by molar-refractivity contribution is -0.137. The van der Waals surface area contributed by atoms with Crippen molar-refractivity contribution in [2.75, 3.05) is 13.2 Å². The molecule has 1 aromatic carbocycles. The Hall–Kier alpha value is -3.35. The summed E-state index contributed by atoms with van der Waals surface area (Å²) in [7, 11) is 0. The molecule has 1 aromatic heterocycles. The Balaban J connectivity index is 1.50. The number of benzene rings is 1. The van der Waals surface area contributed by atoms with Crippen LogP contribution in [-0.4, -0.2) is 45.4 Å². The first kappa shape index (κ1) is 21.4. The van der Waals surface area contributed by atoms with Crippen LogP contribution in [0.4, 0.5) is 0 Å². The summed E-state index contributed by atoms with van der Waals surface area (Å²) in [5.41, 5.74) is 2.16. The molecule has 0 unspecified atom stereocenters. The van der Waals surface area contributed by atoms with E-state index in [0.717, 1.165) is 21.7 Å². The number of aromatic amines is 1. The van der Waals surface area contributed by atoms with Gasteiger partial charge in [0.15, 0.2) is 0 Å². The Morgan fingerprint density at radius 3 is 2.80 bits per heavy atom. The van der Waals surface area contributed by atoms with Gasteiger partial charge >= 0.3 is 0 Å². The van der Waals surface area contributed by atoms with Crippen LogP contribution in [-0.2, 0) is 14.3 Å². The van der Waals surface area contributed by atoms with Crippen LogP contribution in [0, 0.1) is 0 Å². The first-order valence-electron chi connectivity index (χ1n) is 9.84. The number of imide groups is 1. The summed E-state index contributed by atoms with van der Waals surface area (Å²) in [6.45, 7) is 11.6. The average Bonchev–Trinajstić information content (AvgIpc) is 3.22. The lowest BCUT2D eigenvalue weighted by Gasteiger charge is -2.27. The third-order valence-corrected chi connectivity index (χ3v) is 4.91. The van der Waals surface area contributed by atoms with Crippen molar-refractivity contribution < 1.29 is 19.1 Å². The maximum atomic E-state index is 12.4. The van der Waals surface area contributed by atoms with E-state index in [1.54, 1.807) is 32.3 Å². The first-order valence-corrected chi connectivity index (χ1v) is 9.84. The van der Waals surface area contributed by atoms with Crippen molar-refractivity contribution in [2.24, 2.45) is 0 Å². The van der Waals surface area contributed by atoms with E-state index < -0.39 is 5.60 Å². The zero-order valence-corrected chi connectivity index (χ0v) is 17.8. The van der Waals surface area contributed by atoms with Gasteiger partial charge in [-0.2, -0.15) is 0 Å². The number of aromatic nitrogens is 2. The highest BCUT2D eigenvalue weighted by Gasteiger charge is 2.34. The van der Waals surface area contributed by atoms with Crippen LogP contribution in [0.2, 0.25) is 0 Å². The summed E-state index contributed by atoms with van der Waals surface area (Å²) in [4.78, 5) is 33.2. The normalized spacial score (nSPS) is 15.0. The van der Waals surface area contributed by atoms with Crippen molar-refractivity contribution in [2.45, 2.75) is 39.7 Å². The zero-order valence-electron chi connectivity index (χ0n) is 17.8.